The molecule has 0 heteroatoms. The van der Waals surface area contributed by atoms with Crippen molar-refractivity contribution in [3.05, 3.63) is 48.0 Å². The number of benzene rings is 2. The SMILES string of the molecule is CCCCCCCCCCC(CCCCCCC)c1cccc2ccccc12. The van der Waals surface area contributed by atoms with Crippen molar-refractivity contribution < 1.29 is 0 Å². The zero-order valence-electron chi connectivity index (χ0n) is 18.7. The van der Waals surface area contributed by atoms with Crippen LogP contribution in [0.15, 0.2) is 42.5 Å². The van der Waals surface area contributed by atoms with Crippen LogP contribution >= 0.6 is 0 Å². The van der Waals surface area contributed by atoms with Gasteiger partial charge < -0.3 is 0 Å². The minimum Gasteiger partial charge on any atom is -0.0654 e. The van der Waals surface area contributed by atoms with Gasteiger partial charge in [-0.3, -0.25) is 0 Å². The van der Waals surface area contributed by atoms with Crippen molar-refractivity contribution in [2.24, 2.45) is 0 Å². The fraction of sp³-hybridized carbons (Fsp3) is 0.643. The molecule has 2 rings (SSSR count). The number of hydrogen-bond donors (Lipinski definition) is 0. The molecule has 0 radical (unpaired) electrons. The van der Waals surface area contributed by atoms with E-state index < -0.39 is 0 Å². The summed E-state index contributed by atoms with van der Waals surface area (Å²) in [6.45, 7) is 4.61. The average Bonchev–Trinajstić information content (AvgIpc) is 2.73. The quantitative estimate of drug-likeness (QED) is 0.254. The molecule has 0 heterocycles. The van der Waals surface area contributed by atoms with Gasteiger partial charge in [-0.1, -0.05) is 140 Å². The largest absolute Gasteiger partial charge is 0.0654 e. The minimum absolute atomic E-state index is 0.743. The predicted molar refractivity (Wildman–Crippen MR) is 127 cm³/mol. The lowest BCUT2D eigenvalue weighted by molar-refractivity contribution is 0.488. The predicted octanol–water partition coefficient (Wildman–Crippen LogP) is 9.81. The van der Waals surface area contributed by atoms with Gasteiger partial charge in [-0.15, -0.1) is 0 Å². The van der Waals surface area contributed by atoms with Crippen LogP contribution in [0.25, 0.3) is 10.8 Å². The maximum atomic E-state index is 2.41. The van der Waals surface area contributed by atoms with E-state index in [1.54, 1.807) is 5.56 Å². The first-order valence-electron chi connectivity index (χ1n) is 12.3. The fourth-order valence-electron chi connectivity index (χ4n) is 4.58. The Morgan fingerprint density at radius 2 is 1.04 bits per heavy atom. The van der Waals surface area contributed by atoms with E-state index >= 15 is 0 Å². The second kappa shape index (κ2) is 14.7. The van der Waals surface area contributed by atoms with E-state index in [4.69, 9.17) is 0 Å². The van der Waals surface area contributed by atoms with Gasteiger partial charge in [0.25, 0.3) is 0 Å². The van der Waals surface area contributed by atoms with Crippen LogP contribution in [0.3, 0.4) is 0 Å². The molecule has 0 fully saturated rings. The van der Waals surface area contributed by atoms with Gasteiger partial charge in [-0.2, -0.15) is 0 Å². The van der Waals surface area contributed by atoms with E-state index in [2.05, 4.69) is 56.3 Å². The van der Waals surface area contributed by atoms with Crippen molar-refractivity contribution in [3.8, 4) is 0 Å². The topological polar surface area (TPSA) is 0 Å². The van der Waals surface area contributed by atoms with Gasteiger partial charge in [0.15, 0.2) is 0 Å². The van der Waals surface area contributed by atoms with Crippen LogP contribution < -0.4 is 0 Å². The summed E-state index contributed by atoms with van der Waals surface area (Å²) >= 11 is 0. The van der Waals surface area contributed by atoms with Gasteiger partial charge in [-0.25, -0.2) is 0 Å². The Hall–Kier alpha value is -1.30. The summed E-state index contributed by atoms with van der Waals surface area (Å²) in [6.07, 6.45) is 21.0. The molecule has 0 saturated heterocycles. The molecule has 0 aromatic heterocycles. The third-order valence-corrected chi connectivity index (χ3v) is 6.33. The molecular formula is C28H44. The van der Waals surface area contributed by atoms with Crippen molar-refractivity contribution in [3.63, 3.8) is 0 Å². The van der Waals surface area contributed by atoms with Crippen LogP contribution in [0.1, 0.15) is 122 Å². The molecule has 0 aliphatic heterocycles. The molecule has 2 aromatic rings. The summed E-state index contributed by atoms with van der Waals surface area (Å²) in [5.41, 5.74) is 1.61. The van der Waals surface area contributed by atoms with Gasteiger partial charge in [0, 0.05) is 0 Å². The highest BCUT2D eigenvalue weighted by atomic mass is 14.2. The summed E-state index contributed by atoms with van der Waals surface area (Å²) in [7, 11) is 0. The van der Waals surface area contributed by atoms with E-state index in [1.165, 1.54) is 107 Å². The maximum Gasteiger partial charge on any atom is -0.0149 e. The van der Waals surface area contributed by atoms with E-state index in [0.29, 0.717) is 0 Å². The molecule has 1 unspecified atom stereocenters. The summed E-state index contributed by atoms with van der Waals surface area (Å²) < 4.78 is 0. The molecule has 0 N–H and O–H groups in total. The molecule has 0 amide bonds. The van der Waals surface area contributed by atoms with Gasteiger partial charge in [-0.05, 0) is 35.1 Å². The Morgan fingerprint density at radius 3 is 1.64 bits per heavy atom. The number of fused-ring (bicyclic) bond motifs is 1. The molecule has 1 atom stereocenters. The third kappa shape index (κ3) is 8.38. The second-order valence-electron chi connectivity index (χ2n) is 8.73. The molecule has 0 aliphatic rings. The second-order valence-corrected chi connectivity index (χ2v) is 8.73. The zero-order valence-corrected chi connectivity index (χ0v) is 18.7. The fourth-order valence-corrected chi connectivity index (χ4v) is 4.58. The van der Waals surface area contributed by atoms with Crippen LogP contribution in [-0.2, 0) is 0 Å². The first-order chi connectivity index (χ1) is 13.9. The summed E-state index contributed by atoms with van der Waals surface area (Å²) in [5, 5.41) is 2.90. The lowest BCUT2D eigenvalue weighted by Crippen LogP contribution is -2.01. The lowest BCUT2D eigenvalue weighted by atomic mass is 9.85. The van der Waals surface area contributed by atoms with Gasteiger partial charge in [0.1, 0.15) is 0 Å². The highest BCUT2D eigenvalue weighted by molar-refractivity contribution is 5.86. The van der Waals surface area contributed by atoms with E-state index in [9.17, 15) is 0 Å². The monoisotopic (exact) mass is 380 g/mol. The van der Waals surface area contributed by atoms with Crippen LogP contribution in [0.4, 0.5) is 0 Å². The average molecular weight is 381 g/mol. The molecule has 0 spiro atoms. The molecule has 0 bridgehead atoms. The standard InChI is InChI=1S/C28H44/c1-3-5-7-9-10-11-13-15-20-25(19-14-12-8-6-4-2)28-24-18-22-26-21-16-17-23-27(26)28/h16-18,21-25H,3-15,19-20H2,1-2H3. The molecule has 28 heavy (non-hydrogen) atoms. The maximum absolute atomic E-state index is 2.41. The van der Waals surface area contributed by atoms with Crippen LogP contribution in [0.2, 0.25) is 0 Å². The third-order valence-electron chi connectivity index (χ3n) is 6.33. The number of rotatable bonds is 16. The summed E-state index contributed by atoms with van der Waals surface area (Å²) in [5.74, 6) is 0.743. The summed E-state index contributed by atoms with van der Waals surface area (Å²) in [4.78, 5) is 0. The molecule has 0 nitrogen and oxygen atoms in total. The van der Waals surface area contributed by atoms with E-state index in [-0.39, 0.29) is 0 Å². The Kier molecular flexibility index (Phi) is 12.0. The molecule has 156 valence electrons. The molecule has 0 aliphatic carbocycles. The highest BCUT2D eigenvalue weighted by Crippen LogP contribution is 2.33. The Balaban J connectivity index is 1.88. The van der Waals surface area contributed by atoms with Crippen molar-refractivity contribution in [1.82, 2.24) is 0 Å². The van der Waals surface area contributed by atoms with Crippen molar-refractivity contribution in [2.45, 2.75) is 116 Å². The van der Waals surface area contributed by atoms with Crippen LogP contribution in [0.5, 0.6) is 0 Å². The number of unbranched alkanes of at least 4 members (excludes halogenated alkanes) is 11. The Morgan fingerprint density at radius 1 is 0.536 bits per heavy atom. The zero-order chi connectivity index (χ0) is 19.9. The van der Waals surface area contributed by atoms with E-state index in [0.717, 1.165) is 5.92 Å². The highest BCUT2D eigenvalue weighted by Gasteiger charge is 2.14. The van der Waals surface area contributed by atoms with Crippen molar-refractivity contribution in [2.75, 3.05) is 0 Å². The number of hydrogen-bond acceptors (Lipinski definition) is 0. The van der Waals surface area contributed by atoms with Gasteiger partial charge >= 0.3 is 0 Å². The lowest BCUT2D eigenvalue weighted by Gasteiger charge is -2.20. The van der Waals surface area contributed by atoms with Gasteiger partial charge in [0.2, 0.25) is 0 Å². The van der Waals surface area contributed by atoms with E-state index in [1.807, 2.05) is 0 Å². The molecule has 2 aromatic carbocycles. The summed E-state index contributed by atoms with van der Waals surface area (Å²) in [6, 6.07) is 15.9. The Bertz CT molecular complexity index is 621. The normalized spacial score (nSPS) is 12.5. The van der Waals surface area contributed by atoms with Crippen LogP contribution in [0, 0.1) is 0 Å². The first kappa shape index (κ1) is 23.0. The van der Waals surface area contributed by atoms with Crippen LogP contribution in [-0.4, -0.2) is 0 Å². The molecule has 0 saturated carbocycles. The Labute approximate surface area is 175 Å². The van der Waals surface area contributed by atoms with Crippen molar-refractivity contribution in [1.29, 1.82) is 0 Å². The smallest absolute Gasteiger partial charge is 0.0149 e. The minimum atomic E-state index is 0.743. The van der Waals surface area contributed by atoms with Gasteiger partial charge in [0.05, 0.1) is 0 Å². The van der Waals surface area contributed by atoms with Crippen molar-refractivity contribution >= 4 is 10.8 Å². The molecular weight excluding hydrogens is 336 g/mol. The first-order valence-corrected chi connectivity index (χ1v) is 12.3.